The Balaban J connectivity index is 2.17. The summed E-state index contributed by atoms with van der Waals surface area (Å²) in [4.78, 5) is 0. The zero-order valence-electron chi connectivity index (χ0n) is 12.6. The molecule has 23 heavy (non-hydrogen) atoms. The van der Waals surface area contributed by atoms with Crippen molar-refractivity contribution in [2.45, 2.75) is 6.92 Å². The van der Waals surface area contributed by atoms with Crippen LogP contribution in [-0.4, -0.2) is 11.7 Å². The minimum absolute atomic E-state index is 0.798. The maximum absolute atomic E-state index is 5.39. The molecule has 0 aliphatic carbocycles. The molecular formula is C18H14Br3NO. The van der Waals surface area contributed by atoms with Crippen molar-refractivity contribution in [1.29, 1.82) is 0 Å². The Hall–Kier alpha value is -1.04. The molecule has 2 aromatic carbocycles. The van der Waals surface area contributed by atoms with Crippen LogP contribution in [0.3, 0.4) is 0 Å². The summed E-state index contributed by atoms with van der Waals surface area (Å²) in [6.45, 7) is 2.11. The summed E-state index contributed by atoms with van der Waals surface area (Å²) in [5, 5.41) is 0. The molecule has 0 aliphatic heterocycles. The van der Waals surface area contributed by atoms with Crippen molar-refractivity contribution in [2.75, 3.05) is 7.11 Å². The lowest BCUT2D eigenvalue weighted by Gasteiger charge is -2.14. The van der Waals surface area contributed by atoms with Gasteiger partial charge in [-0.2, -0.15) is 0 Å². The van der Waals surface area contributed by atoms with Crippen molar-refractivity contribution >= 4 is 47.8 Å². The molecule has 1 aromatic heterocycles. The van der Waals surface area contributed by atoms with Gasteiger partial charge in [-0.3, -0.25) is 0 Å². The number of hydrogen-bond acceptors (Lipinski definition) is 1. The molecule has 118 valence electrons. The molecule has 0 radical (unpaired) electrons. The minimum atomic E-state index is 0.798. The van der Waals surface area contributed by atoms with Gasteiger partial charge in [0.25, 0.3) is 0 Å². The minimum Gasteiger partial charge on any atom is -0.494 e. The van der Waals surface area contributed by atoms with E-state index in [2.05, 4.69) is 108 Å². The molecule has 0 saturated carbocycles. The fourth-order valence-corrected chi connectivity index (χ4v) is 4.37. The quantitative estimate of drug-likeness (QED) is 0.389. The van der Waals surface area contributed by atoms with Gasteiger partial charge in [0.15, 0.2) is 0 Å². The monoisotopic (exact) mass is 497 g/mol. The largest absolute Gasteiger partial charge is 0.494 e. The SMILES string of the molecule is COc1c(Br)cc(-c2ccc(C)n2-c2ccc(Br)cc2)cc1Br. The number of aryl methyl sites for hydroxylation is 1. The van der Waals surface area contributed by atoms with E-state index in [1.54, 1.807) is 7.11 Å². The van der Waals surface area contributed by atoms with Crippen LogP contribution in [0.2, 0.25) is 0 Å². The lowest BCUT2D eigenvalue weighted by molar-refractivity contribution is 0.409. The molecule has 0 fully saturated rings. The van der Waals surface area contributed by atoms with Gasteiger partial charge in [0, 0.05) is 21.4 Å². The number of methoxy groups -OCH3 is 1. The van der Waals surface area contributed by atoms with Crippen LogP contribution in [0, 0.1) is 6.92 Å². The van der Waals surface area contributed by atoms with Gasteiger partial charge in [-0.1, -0.05) is 15.9 Å². The molecule has 0 amide bonds. The highest BCUT2D eigenvalue weighted by atomic mass is 79.9. The lowest BCUT2D eigenvalue weighted by Crippen LogP contribution is -1.99. The van der Waals surface area contributed by atoms with E-state index in [1.165, 1.54) is 5.69 Å². The van der Waals surface area contributed by atoms with Gasteiger partial charge in [-0.15, -0.1) is 0 Å². The number of aromatic nitrogens is 1. The third-order valence-electron chi connectivity index (χ3n) is 3.66. The highest BCUT2D eigenvalue weighted by Crippen LogP contribution is 2.38. The second kappa shape index (κ2) is 6.83. The van der Waals surface area contributed by atoms with Crippen molar-refractivity contribution in [3.63, 3.8) is 0 Å². The van der Waals surface area contributed by atoms with E-state index in [0.717, 1.165) is 36.1 Å². The molecule has 2 nitrogen and oxygen atoms in total. The normalized spacial score (nSPS) is 10.8. The van der Waals surface area contributed by atoms with E-state index < -0.39 is 0 Å². The topological polar surface area (TPSA) is 14.2 Å². The maximum Gasteiger partial charge on any atom is 0.147 e. The van der Waals surface area contributed by atoms with Crippen LogP contribution in [0.1, 0.15) is 5.69 Å². The number of hydrogen-bond donors (Lipinski definition) is 0. The van der Waals surface area contributed by atoms with Gasteiger partial charge in [0.05, 0.1) is 21.7 Å². The first kappa shape index (κ1) is 16.8. The highest BCUT2D eigenvalue weighted by molar-refractivity contribution is 9.11. The van der Waals surface area contributed by atoms with Crippen LogP contribution in [0.15, 0.2) is 61.9 Å². The molecule has 0 aliphatic rings. The van der Waals surface area contributed by atoms with Gasteiger partial charge >= 0.3 is 0 Å². The Morgan fingerprint density at radius 1 is 0.870 bits per heavy atom. The van der Waals surface area contributed by atoms with E-state index in [4.69, 9.17) is 4.74 Å². The Labute approximate surface area is 160 Å². The Kier molecular flexibility index (Phi) is 4.99. The van der Waals surface area contributed by atoms with Crippen molar-refractivity contribution in [2.24, 2.45) is 0 Å². The molecule has 0 N–H and O–H groups in total. The predicted octanol–water partition coefficient (Wildman–Crippen LogP) is 6.75. The lowest BCUT2D eigenvalue weighted by atomic mass is 10.1. The summed E-state index contributed by atoms with van der Waals surface area (Å²) in [5.41, 5.74) is 4.56. The highest BCUT2D eigenvalue weighted by Gasteiger charge is 2.14. The van der Waals surface area contributed by atoms with Crippen molar-refractivity contribution in [3.05, 3.63) is 67.6 Å². The number of ether oxygens (including phenoxy) is 1. The third-order valence-corrected chi connectivity index (χ3v) is 5.37. The number of nitrogens with zero attached hydrogens (tertiary/aromatic N) is 1. The second-order valence-corrected chi connectivity index (χ2v) is 7.77. The van der Waals surface area contributed by atoms with Crippen LogP contribution >= 0.6 is 47.8 Å². The summed E-state index contributed by atoms with van der Waals surface area (Å²) in [6.07, 6.45) is 0. The van der Waals surface area contributed by atoms with E-state index in [-0.39, 0.29) is 0 Å². The first-order valence-electron chi connectivity index (χ1n) is 6.99. The molecule has 3 aromatic rings. The number of rotatable bonds is 3. The standard InChI is InChI=1S/C18H14Br3NO/c1-11-3-8-17(22(11)14-6-4-13(19)5-7-14)12-9-15(20)18(23-2)16(21)10-12/h3-10H,1-2H3. The fraction of sp³-hybridized carbons (Fsp3) is 0.111. The zero-order chi connectivity index (χ0) is 16.6. The number of halogens is 3. The first-order valence-corrected chi connectivity index (χ1v) is 9.37. The Morgan fingerprint density at radius 3 is 2.04 bits per heavy atom. The van der Waals surface area contributed by atoms with Gasteiger partial charge in [0.2, 0.25) is 0 Å². The van der Waals surface area contributed by atoms with Crippen LogP contribution < -0.4 is 4.74 Å². The first-order chi connectivity index (χ1) is 11.0. The second-order valence-electron chi connectivity index (χ2n) is 5.14. The molecule has 0 spiro atoms. The molecule has 5 heteroatoms. The summed E-state index contributed by atoms with van der Waals surface area (Å²) in [5.74, 6) is 0.798. The van der Waals surface area contributed by atoms with E-state index in [9.17, 15) is 0 Å². The zero-order valence-corrected chi connectivity index (χ0v) is 17.4. The van der Waals surface area contributed by atoms with Crippen LogP contribution in [0.5, 0.6) is 5.75 Å². The predicted molar refractivity (Wildman–Crippen MR) is 106 cm³/mol. The van der Waals surface area contributed by atoms with Crippen LogP contribution in [0.4, 0.5) is 0 Å². The third kappa shape index (κ3) is 3.28. The van der Waals surface area contributed by atoms with Crippen LogP contribution in [-0.2, 0) is 0 Å². The summed E-state index contributed by atoms with van der Waals surface area (Å²) in [7, 11) is 1.67. The summed E-state index contributed by atoms with van der Waals surface area (Å²) >= 11 is 10.7. The maximum atomic E-state index is 5.39. The Bertz CT molecular complexity index is 830. The molecule has 1 heterocycles. The fourth-order valence-electron chi connectivity index (χ4n) is 2.60. The average molecular weight is 500 g/mol. The summed E-state index contributed by atoms with van der Waals surface area (Å²) in [6, 6.07) is 16.7. The van der Waals surface area contributed by atoms with E-state index in [1.807, 2.05) is 0 Å². The smallest absolute Gasteiger partial charge is 0.147 e. The van der Waals surface area contributed by atoms with Gasteiger partial charge in [0.1, 0.15) is 5.75 Å². The van der Waals surface area contributed by atoms with E-state index >= 15 is 0 Å². The van der Waals surface area contributed by atoms with Crippen molar-refractivity contribution < 1.29 is 4.74 Å². The van der Waals surface area contributed by atoms with Gasteiger partial charge < -0.3 is 9.30 Å². The molecule has 3 rings (SSSR count). The average Bonchev–Trinajstić information content (AvgIpc) is 2.89. The van der Waals surface area contributed by atoms with Gasteiger partial charge in [-0.05, 0) is 87.3 Å². The molecule has 0 unspecified atom stereocenters. The molecule has 0 bridgehead atoms. The van der Waals surface area contributed by atoms with E-state index in [0.29, 0.717) is 0 Å². The molecule has 0 saturated heterocycles. The van der Waals surface area contributed by atoms with Gasteiger partial charge in [-0.25, -0.2) is 0 Å². The molecular weight excluding hydrogens is 486 g/mol. The van der Waals surface area contributed by atoms with Crippen molar-refractivity contribution in [1.82, 2.24) is 4.57 Å². The summed E-state index contributed by atoms with van der Waals surface area (Å²) < 4.78 is 10.6. The molecule has 0 atom stereocenters. The van der Waals surface area contributed by atoms with Crippen LogP contribution in [0.25, 0.3) is 16.9 Å². The number of benzene rings is 2. The Morgan fingerprint density at radius 2 is 1.48 bits per heavy atom. The van der Waals surface area contributed by atoms with Crippen molar-refractivity contribution in [3.8, 4) is 22.7 Å².